The standard InChI is InChI=1S/C13H17BrN2OS/c1-4-13(2,3)16-12(18)15-11(17)9-6-5-7-10(14)8-9/h5-8H,4H2,1-3H3,(H2,15,16,17,18). The molecule has 18 heavy (non-hydrogen) atoms. The zero-order valence-corrected chi connectivity index (χ0v) is 13.1. The van der Waals surface area contributed by atoms with Crippen molar-refractivity contribution in [3.8, 4) is 0 Å². The average Bonchev–Trinajstić information content (AvgIpc) is 2.28. The van der Waals surface area contributed by atoms with Crippen LogP contribution in [-0.4, -0.2) is 16.6 Å². The van der Waals surface area contributed by atoms with Gasteiger partial charge in [-0.15, -0.1) is 0 Å². The third-order valence-corrected chi connectivity index (χ3v) is 3.35. The Morgan fingerprint density at radius 1 is 1.44 bits per heavy atom. The Hall–Kier alpha value is -0.940. The molecule has 0 spiro atoms. The molecule has 98 valence electrons. The molecule has 1 amide bonds. The van der Waals surface area contributed by atoms with E-state index in [1.165, 1.54) is 0 Å². The Balaban J connectivity index is 2.63. The maximum Gasteiger partial charge on any atom is 0.257 e. The van der Waals surface area contributed by atoms with E-state index in [4.69, 9.17) is 12.2 Å². The molecule has 2 N–H and O–H groups in total. The second-order valence-electron chi connectivity index (χ2n) is 4.66. The lowest BCUT2D eigenvalue weighted by molar-refractivity contribution is 0.0976. The van der Waals surface area contributed by atoms with Crippen LogP contribution in [0.15, 0.2) is 28.7 Å². The smallest absolute Gasteiger partial charge is 0.257 e. The van der Waals surface area contributed by atoms with Crippen LogP contribution in [0, 0.1) is 0 Å². The SMILES string of the molecule is CCC(C)(C)NC(=S)NC(=O)c1cccc(Br)c1. The highest BCUT2D eigenvalue weighted by atomic mass is 79.9. The minimum atomic E-state index is -0.208. The molecule has 0 aliphatic carbocycles. The highest BCUT2D eigenvalue weighted by molar-refractivity contribution is 9.10. The molecule has 1 rings (SSSR count). The number of benzene rings is 1. The number of nitrogens with one attached hydrogen (secondary N) is 2. The summed E-state index contributed by atoms with van der Waals surface area (Å²) in [5, 5.41) is 6.14. The number of carbonyl (C=O) groups is 1. The second-order valence-corrected chi connectivity index (χ2v) is 5.98. The average molecular weight is 329 g/mol. The summed E-state index contributed by atoms with van der Waals surface area (Å²) in [6.07, 6.45) is 0.917. The van der Waals surface area contributed by atoms with Crippen LogP contribution < -0.4 is 10.6 Å². The molecule has 3 nitrogen and oxygen atoms in total. The van der Waals surface area contributed by atoms with Crippen LogP contribution in [0.2, 0.25) is 0 Å². The minimum absolute atomic E-state index is 0.123. The van der Waals surface area contributed by atoms with Gasteiger partial charge in [-0.2, -0.15) is 0 Å². The Morgan fingerprint density at radius 2 is 2.11 bits per heavy atom. The fourth-order valence-electron chi connectivity index (χ4n) is 1.23. The predicted octanol–water partition coefficient (Wildman–Crippen LogP) is 3.24. The first-order valence-corrected chi connectivity index (χ1v) is 6.93. The van der Waals surface area contributed by atoms with Gasteiger partial charge >= 0.3 is 0 Å². The van der Waals surface area contributed by atoms with Crippen LogP contribution in [0.5, 0.6) is 0 Å². The number of halogens is 1. The van der Waals surface area contributed by atoms with Crippen LogP contribution in [0.3, 0.4) is 0 Å². The first-order chi connectivity index (χ1) is 8.34. The summed E-state index contributed by atoms with van der Waals surface area (Å²) < 4.78 is 0.864. The molecule has 1 aromatic rings. The van der Waals surface area contributed by atoms with E-state index in [0.717, 1.165) is 10.9 Å². The number of amides is 1. The molecule has 0 saturated heterocycles. The zero-order chi connectivity index (χ0) is 13.8. The normalized spacial score (nSPS) is 10.9. The van der Waals surface area contributed by atoms with Gasteiger partial charge in [0.15, 0.2) is 5.11 Å². The van der Waals surface area contributed by atoms with Crippen LogP contribution in [-0.2, 0) is 0 Å². The van der Waals surface area contributed by atoms with Gasteiger partial charge in [0.25, 0.3) is 5.91 Å². The Labute approximate surface area is 121 Å². The van der Waals surface area contributed by atoms with Gasteiger partial charge in [0.2, 0.25) is 0 Å². The van der Waals surface area contributed by atoms with Crippen molar-refractivity contribution in [2.75, 3.05) is 0 Å². The summed E-state index contributed by atoms with van der Waals surface area (Å²) in [6, 6.07) is 7.18. The molecule has 1 aromatic carbocycles. The van der Waals surface area contributed by atoms with Gasteiger partial charge in [-0.05, 0) is 50.7 Å². The highest BCUT2D eigenvalue weighted by Crippen LogP contribution is 2.11. The van der Waals surface area contributed by atoms with E-state index in [-0.39, 0.29) is 11.4 Å². The second kappa shape index (κ2) is 6.29. The molecule has 0 heterocycles. The number of rotatable bonds is 3. The molecular formula is C13H17BrN2OS. The quantitative estimate of drug-likeness (QED) is 0.837. The molecule has 0 atom stereocenters. The number of thiocarbonyl (C=S) groups is 1. The lowest BCUT2D eigenvalue weighted by Gasteiger charge is -2.26. The van der Waals surface area contributed by atoms with Crippen molar-refractivity contribution < 1.29 is 4.79 Å². The fourth-order valence-corrected chi connectivity index (χ4v) is 2.00. The van der Waals surface area contributed by atoms with Crippen LogP contribution >= 0.6 is 28.1 Å². The summed E-state index contributed by atoms with van der Waals surface area (Å²) in [4.78, 5) is 11.9. The van der Waals surface area contributed by atoms with Crippen molar-refractivity contribution >= 4 is 39.2 Å². The van der Waals surface area contributed by atoms with E-state index < -0.39 is 0 Å². The first kappa shape index (κ1) is 15.1. The van der Waals surface area contributed by atoms with Crippen LogP contribution in [0.4, 0.5) is 0 Å². The topological polar surface area (TPSA) is 41.1 Å². The van der Waals surface area contributed by atoms with Crippen molar-refractivity contribution in [1.82, 2.24) is 10.6 Å². The van der Waals surface area contributed by atoms with Gasteiger partial charge in [-0.25, -0.2) is 0 Å². The molecule has 0 aliphatic heterocycles. The summed E-state index contributed by atoms with van der Waals surface area (Å²) in [5.74, 6) is -0.208. The predicted molar refractivity (Wildman–Crippen MR) is 81.7 cm³/mol. The highest BCUT2D eigenvalue weighted by Gasteiger charge is 2.17. The van der Waals surface area contributed by atoms with E-state index in [0.29, 0.717) is 10.7 Å². The van der Waals surface area contributed by atoms with Gasteiger partial charge in [0.1, 0.15) is 0 Å². The zero-order valence-electron chi connectivity index (χ0n) is 10.7. The van der Waals surface area contributed by atoms with Gasteiger partial charge < -0.3 is 5.32 Å². The van der Waals surface area contributed by atoms with Crippen LogP contribution in [0.25, 0.3) is 0 Å². The monoisotopic (exact) mass is 328 g/mol. The molecule has 0 aromatic heterocycles. The summed E-state index contributed by atoms with van der Waals surface area (Å²) in [6.45, 7) is 6.13. The Bertz CT molecular complexity index is 460. The van der Waals surface area contributed by atoms with Crippen molar-refractivity contribution in [3.05, 3.63) is 34.3 Å². The van der Waals surface area contributed by atoms with Gasteiger partial charge in [0, 0.05) is 15.6 Å². The van der Waals surface area contributed by atoms with Crippen molar-refractivity contribution in [3.63, 3.8) is 0 Å². The molecule has 0 radical (unpaired) electrons. The Morgan fingerprint density at radius 3 is 2.67 bits per heavy atom. The summed E-state index contributed by atoms with van der Waals surface area (Å²) >= 11 is 8.45. The van der Waals surface area contributed by atoms with Gasteiger partial charge in [-0.1, -0.05) is 28.9 Å². The molecular weight excluding hydrogens is 312 g/mol. The largest absolute Gasteiger partial charge is 0.358 e. The van der Waals surface area contributed by atoms with E-state index in [1.54, 1.807) is 12.1 Å². The first-order valence-electron chi connectivity index (χ1n) is 5.73. The van der Waals surface area contributed by atoms with Gasteiger partial charge in [0.05, 0.1) is 0 Å². The molecule has 0 unspecified atom stereocenters. The maximum atomic E-state index is 11.9. The molecule has 5 heteroatoms. The Kier molecular flexibility index (Phi) is 5.28. The summed E-state index contributed by atoms with van der Waals surface area (Å²) in [7, 11) is 0. The lowest BCUT2D eigenvalue weighted by atomic mass is 10.0. The third kappa shape index (κ3) is 4.74. The van der Waals surface area contributed by atoms with Gasteiger partial charge in [-0.3, -0.25) is 10.1 Å². The van der Waals surface area contributed by atoms with Crippen molar-refractivity contribution in [2.45, 2.75) is 32.7 Å². The number of carbonyl (C=O) groups excluding carboxylic acids is 1. The van der Waals surface area contributed by atoms with Crippen molar-refractivity contribution in [1.29, 1.82) is 0 Å². The minimum Gasteiger partial charge on any atom is -0.358 e. The van der Waals surface area contributed by atoms with Crippen molar-refractivity contribution in [2.24, 2.45) is 0 Å². The maximum absolute atomic E-state index is 11.9. The van der Waals surface area contributed by atoms with E-state index in [2.05, 4.69) is 33.5 Å². The lowest BCUT2D eigenvalue weighted by Crippen LogP contribution is -2.49. The number of hydrogen-bond donors (Lipinski definition) is 2. The molecule has 0 fully saturated rings. The van der Waals surface area contributed by atoms with E-state index >= 15 is 0 Å². The molecule has 0 aliphatic rings. The molecule has 0 bridgehead atoms. The summed E-state index contributed by atoms with van der Waals surface area (Å²) in [5.41, 5.74) is 0.449. The number of hydrogen-bond acceptors (Lipinski definition) is 2. The third-order valence-electron chi connectivity index (χ3n) is 2.65. The van der Waals surface area contributed by atoms with E-state index in [9.17, 15) is 4.79 Å². The van der Waals surface area contributed by atoms with E-state index in [1.807, 2.05) is 26.0 Å². The fraction of sp³-hybridized carbons (Fsp3) is 0.385. The molecule has 0 saturated carbocycles. The van der Waals surface area contributed by atoms with Crippen LogP contribution in [0.1, 0.15) is 37.6 Å².